The summed E-state index contributed by atoms with van der Waals surface area (Å²) in [5.41, 5.74) is 0. The predicted octanol–water partition coefficient (Wildman–Crippen LogP) is -0.198. The Kier molecular flexibility index (Phi) is 3.34. The van der Waals surface area contributed by atoms with Crippen molar-refractivity contribution in [2.75, 3.05) is 26.2 Å². The fourth-order valence-corrected chi connectivity index (χ4v) is 1.29. The van der Waals surface area contributed by atoms with Crippen LogP contribution in [0, 0.1) is 0 Å². The van der Waals surface area contributed by atoms with Crippen LogP contribution in [0.15, 0.2) is 9.98 Å². The highest BCUT2D eigenvalue weighted by atomic mass is 35.5. The lowest BCUT2D eigenvalue weighted by Gasteiger charge is -2.01. The van der Waals surface area contributed by atoms with E-state index in [9.17, 15) is 0 Å². The first kappa shape index (κ1) is 9.32. The van der Waals surface area contributed by atoms with Crippen molar-refractivity contribution in [1.29, 1.82) is 0 Å². The number of hydrogen-bond acceptors (Lipinski definition) is 4. The van der Waals surface area contributed by atoms with E-state index >= 15 is 0 Å². The van der Waals surface area contributed by atoms with Gasteiger partial charge in [0.1, 0.15) is 11.7 Å². The van der Waals surface area contributed by atoms with Crippen molar-refractivity contribution in [2.45, 2.75) is 6.42 Å². The van der Waals surface area contributed by atoms with Crippen LogP contribution < -0.4 is 10.6 Å². The Morgan fingerprint density at radius 2 is 1.50 bits per heavy atom. The van der Waals surface area contributed by atoms with Gasteiger partial charge in [0, 0.05) is 13.1 Å². The Balaban J connectivity index is 0.000000720. The molecule has 0 radical (unpaired) electrons. The molecule has 0 atom stereocenters. The van der Waals surface area contributed by atoms with Gasteiger partial charge in [-0.05, 0) is 0 Å². The summed E-state index contributed by atoms with van der Waals surface area (Å²) < 4.78 is 0. The molecule has 0 amide bonds. The van der Waals surface area contributed by atoms with Gasteiger partial charge in [-0.3, -0.25) is 9.98 Å². The lowest BCUT2D eigenvalue weighted by Crippen LogP contribution is -2.27. The molecule has 0 aliphatic carbocycles. The number of nitrogens with one attached hydrogen (secondary N) is 2. The summed E-state index contributed by atoms with van der Waals surface area (Å²) in [5.74, 6) is 2.16. The number of nitrogens with zero attached hydrogens (tertiary/aromatic N) is 2. The molecule has 0 unspecified atom stereocenters. The first-order chi connectivity index (χ1) is 5.45. The monoisotopic (exact) mass is 188 g/mol. The van der Waals surface area contributed by atoms with E-state index in [1.807, 2.05) is 0 Å². The summed E-state index contributed by atoms with van der Waals surface area (Å²) >= 11 is 0. The smallest absolute Gasteiger partial charge is 0.104 e. The summed E-state index contributed by atoms with van der Waals surface area (Å²) in [6, 6.07) is 0. The minimum absolute atomic E-state index is 0. The zero-order chi connectivity index (χ0) is 7.52. The number of hydrogen-bond donors (Lipinski definition) is 2. The highest BCUT2D eigenvalue weighted by Crippen LogP contribution is 1.95. The average Bonchev–Trinajstić information content (AvgIpc) is 2.60. The summed E-state index contributed by atoms with van der Waals surface area (Å²) in [6.07, 6.45) is 0.861. The molecule has 0 bridgehead atoms. The van der Waals surface area contributed by atoms with E-state index in [0.717, 1.165) is 44.3 Å². The minimum atomic E-state index is 0. The quantitative estimate of drug-likeness (QED) is 0.631. The van der Waals surface area contributed by atoms with Crippen molar-refractivity contribution in [2.24, 2.45) is 9.98 Å². The molecule has 0 aromatic rings. The molecular weight excluding hydrogens is 176 g/mol. The van der Waals surface area contributed by atoms with Crippen LogP contribution in [0.3, 0.4) is 0 Å². The predicted molar refractivity (Wildman–Crippen MR) is 52.5 cm³/mol. The van der Waals surface area contributed by atoms with Gasteiger partial charge in [-0.1, -0.05) is 0 Å². The van der Waals surface area contributed by atoms with Gasteiger partial charge in [-0.2, -0.15) is 0 Å². The molecule has 2 rings (SSSR count). The average molecular weight is 189 g/mol. The SMILES string of the molecule is C1CNC(CC2=NCCN2)=N1.Cl. The highest BCUT2D eigenvalue weighted by Gasteiger charge is 2.10. The van der Waals surface area contributed by atoms with Gasteiger partial charge in [0.05, 0.1) is 19.5 Å². The van der Waals surface area contributed by atoms with Crippen LogP contribution in [0.1, 0.15) is 6.42 Å². The molecule has 2 aliphatic rings. The van der Waals surface area contributed by atoms with Crippen molar-refractivity contribution in [1.82, 2.24) is 10.6 Å². The van der Waals surface area contributed by atoms with Gasteiger partial charge in [-0.25, -0.2) is 0 Å². The zero-order valence-corrected chi connectivity index (χ0v) is 7.65. The molecule has 5 heteroatoms. The molecular formula is C7H13ClN4. The number of halogens is 1. The standard InChI is InChI=1S/C7H12N4.ClH/c1-2-9-6(8-1)5-7-10-3-4-11-7;/h1-5H2,(H,8,9)(H,10,11);1H. The van der Waals surface area contributed by atoms with Crippen LogP contribution in [0.4, 0.5) is 0 Å². The van der Waals surface area contributed by atoms with Crippen LogP contribution in [0.5, 0.6) is 0 Å². The van der Waals surface area contributed by atoms with E-state index in [0.29, 0.717) is 0 Å². The summed E-state index contributed by atoms with van der Waals surface area (Å²) in [7, 11) is 0. The summed E-state index contributed by atoms with van der Waals surface area (Å²) in [4.78, 5) is 8.57. The lowest BCUT2D eigenvalue weighted by atomic mass is 10.3. The second-order valence-electron chi connectivity index (χ2n) is 2.69. The van der Waals surface area contributed by atoms with E-state index in [2.05, 4.69) is 20.6 Å². The van der Waals surface area contributed by atoms with Gasteiger partial charge in [0.25, 0.3) is 0 Å². The molecule has 2 aliphatic heterocycles. The minimum Gasteiger partial charge on any atom is -0.372 e. The second-order valence-corrected chi connectivity index (χ2v) is 2.69. The first-order valence-corrected chi connectivity index (χ1v) is 3.99. The van der Waals surface area contributed by atoms with E-state index in [4.69, 9.17) is 0 Å². The number of aliphatic imine (C=N–C) groups is 2. The molecule has 2 N–H and O–H groups in total. The molecule has 0 aromatic carbocycles. The van der Waals surface area contributed by atoms with Crippen LogP contribution in [0.2, 0.25) is 0 Å². The van der Waals surface area contributed by atoms with Crippen LogP contribution in [-0.2, 0) is 0 Å². The van der Waals surface area contributed by atoms with E-state index < -0.39 is 0 Å². The molecule has 0 fully saturated rings. The first-order valence-electron chi connectivity index (χ1n) is 3.99. The van der Waals surface area contributed by atoms with Gasteiger partial charge in [-0.15, -0.1) is 12.4 Å². The molecule has 12 heavy (non-hydrogen) atoms. The normalized spacial score (nSPS) is 20.3. The van der Waals surface area contributed by atoms with E-state index in [1.165, 1.54) is 0 Å². The van der Waals surface area contributed by atoms with Gasteiger partial charge >= 0.3 is 0 Å². The zero-order valence-electron chi connectivity index (χ0n) is 6.84. The second kappa shape index (κ2) is 4.30. The molecule has 0 saturated carbocycles. The van der Waals surface area contributed by atoms with Crippen LogP contribution in [-0.4, -0.2) is 37.9 Å². The molecule has 0 aromatic heterocycles. The fraction of sp³-hybridized carbons (Fsp3) is 0.714. The highest BCUT2D eigenvalue weighted by molar-refractivity contribution is 6.03. The third kappa shape index (κ3) is 2.11. The van der Waals surface area contributed by atoms with Crippen molar-refractivity contribution >= 4 is 24.1 Å². The number of amidine groups is 2. The topological polar surface area (TPSA) is 48.8 Å². The Hall–Kier alpha value is -0.770. The van der Waals surface area contributed by atoms with E-state index in [1.54, 1.807) is 0 Å². The van der Waals surface area contributed by atoms with Gasteiger partial charge in [0.2, 0.25) is 0 Å². The van der Waals surface area contributed by atoms with Crippen LogP contribution in [0.25, 0.3) is 0 Å². The van der Waals surface area contributed by atoms with Crippen molar-refractivity contribution in [3.05, 3.63) is 0 Å². The molecule has 2 heterocycles. The maximum absolute atomic E-state index is 4.28. The molecule has 4 nitrogen and oxygen atoms in total. The Labute approximate surface area is 78.0 Å². The fourth-order valence-electron chi connectivity index (χ4n) is 1.29. The van der Waals surface area contributed by atoms with Crippen molar-refractivity contribution in [3.63, 3.8) is 0 Å². The number of rotatable bonds is 2. The third-order valence-corrected chi connectivity index (χ3v) is 1.82. The lowest BCUT2D eigenvalue weighted by molar-refractivity contribution is 0.947. The van der Waals surface area contributed by atoms with Crippen molar-refractivity contribution in [3.8, 4) is 0 Å². The Bertz CT molecular complexity index is 189. The third-order valence-electron chi connectivity index (χ3n) is 1.82. The summed E-state index contributed by atoms with van der Waals surface area (Å²) in [6.45, 7) is 3.82. The largest absolute Gasteiger partial charge is 0.372 e. The molecule has 0 spiro atoms. The molecule has 0 saturated heterocycles. The van der Waals surface area contributed by atoms with Crippen molar-refractivity contribution < 1.29 is 0 Å². The summed E-state index contributed by atoms with van der Waals surface area (Å²) in [5, 5.41) is 6.43. The van der Waals surface area contributed by atoms with E-state index in [-0.39, 0.29) is 12.4 Å². The maximum atomic E-state index is 4.28. The van der Waals surface area contributed by atoms with Crippen LogP contribution >= 0.6 is 12.4 Å². The Morgan fingerprint density at radius 1 is 1.00 bits per heavy atom. The maximum Gasteiger partial charge on any atom is 0.104 e. The van der Waals surface area contributed by atoms with Gasteiger partial charge < -0.3 is 10.6 Å². The molecule has 68 valence electrons. The van der Waals surface area contributed by atoms with Gasteiger partial charge in [0.15, 0.2) is 0 Å². The Morgan fingerprint density at radius 3 is 1.83 bits per heavy atom.